The lowest BCUT2D eigenvalue weighted by Gasteiger charge is -2.12. The minimum absolute atomic E-state index is 0.105. The minimum Gasteiger partial charge on any atom is -0.350 e. The summed E-state index contributed by atoms with van der Waals surface area (Å²) in [5.41, 5.74) is 0.404. The van der Waals surface area contributed by atoms with Crippen LogP contribution in [0.3, 0.4) is 0 Å². The van der Waals surface area contributed by atoms with Crippen molar-refractivity contribution in [2.45, 2.75) is 13.1 Å². The standard InChI is InChI=1S/C25H18F4N4O2/c1-14-4-9-18(11-20(14)32-23(34)16-3-2-10-30-13-16)31-24(35)19-12-21(25(27,28)29)33-22(19)15-5-7-17(26)8-6-15/h2-13,33H,1H3,(H,31,35)(H,32,34). The molecule has 35 heavy (non-hydrogen) atoms. The summed E-state index contributed by atoms with van der Waals surface area (Å²) in [7, 11) is 0. The average molecular weight is 482 g/mol. The highest BCUT2D eigenvalue weighted by Gasteiger charge is 2.35. The van der Waals surface area contributed by atoms with Gasteiger partial charge in [-0.05, 0) is 72.6 Å². The first-order chi connectivity index (χ1) is 16.6. The Morgan fingerprint density at radius 1 is 0.943 bits per heavy atom. The first-order valence-corrected chi connectivity index (χ1v) is 10.3. The second kappa shape index (κ2) is 9.41. The van der Waals surface area contributed by atoms with Crippen molar-refractivity contribution in [3.05, 3.63) is 101 Å². The Labute approximate surface area is 197 Å². The number of hydrogen-bond acceptors (Lipinski definition) is 3. The second-order valence-electron chi connectivity index (χ2n) is 7.66. The summed E-state index contributed by atoms with van der Waals surface area (Å²) >= 11 is 0. The number of benzene rings is 2. The number of aryl methyl sites for hydroxylation is 1. The van der Waals surface area contributed by atoms with E-state index in [1.165, 1.54) is 30.6 Å². The molecule has 6 nitrogen and oxygen atoms in total. The molecular formula is C25H18F4N4O2. The molecule has 0 saturated heterocycles. The normalized spacial score (nSPS) is 11.2. The fraction of sp³-hybridized carbons (Fsp3) is 0.0800. The number of aromatic nitrogens is 2. The summed E-state index contributed by atoms with van der Waals surface area (Å²) in [5, 5.41) is 5.29. The fourth-order valence-electron chi connectivity index (χ4n) is 3.36. The topological polar surface area (TPSA) is 86.9 Å². The van der Waals surface area contributed by atoms with E-state index in [0.717, 1.165) is 12.1 Å². The third-order valence-corrected chi connectivity index (χ3v) is 5.17. The number of H-pyrrole nitrogens is 1. The molecule has 10 heteroatoms. The lowest BCUT2D eigenvalue weighted by atomic mass is 10.1. The Bertz CT molecular complexity index is 1380. The van der Waals surface area contributed by atoms with E-state index >= 15 is 0 Å². The Kier molecular flexibility index (Phi) is 6.37. The first kappa shape index (κ1) is 23.7. The van der Waals surface area contributed by atoms with Crippen molar-refractivity contribution in [3.63, 3.8) is 0 Å². The molecule has 0 unspecified atom stereocenters. The molecule has 178 valence electrons. The van der Waals surface area contributed by atoms with Crippen LogP contribution in [0.4, 0.5) is 28.9 Å². The highest BCUT2D eigenvalue weighted by atomic mass is 19.4. The molecule has 0 fully saturated rings. The van der Waals surface area contributed by atoms with E-state index in [1.54, 1.807) is 31.2 Å². The van der Waals surface area contributed by atoms with Crippen LogP contribution in [-0.4, -0.2) is 21.8 Å². The van der Waals surface area contributed by atoms with Gasteiger partial charge in [-0.1, -0.05) is 6.07 Å². The number of nitrogens with zero attached hydrogens (tertiary/aromatic N) is 1. The van der Waals surface area contributed by atoms with E-state index in [1.807, 2.05) is 0 Å². The van der Waals surface area contributed by atoms with Crippen molar-refractivity contribution in [2.75, 3.05) is 10.6 Å². The van der Waals surface area contributed by atoms with Crippen LogP contribution in [0, 0.1) is 12.7 Å². The van der Waals surface area contributed by atoms with E-state index < -0.39 is 29.5 Å². The van der Waals surface area contributed by atoms with Crippen LogP contribution in [0.2, 0.25) is 0 Å². The second-order valence-corrected chi connectivity index (χ2v) is 7.66. The zero-order valence-corrected chi connectivity index (χ0v) is 18.2. The minimum atomic E-state index is -4.72. The lowest BCUT2D eigenvalue weighted by Crippen LogP contribution is -2.15. The number of carbonyl (C=O) groups is 2. The predicted octanol–water partition coefficient (Wildman–Crippen LogP) is 6.05. The van der Waals surface area contributed by atoms with Gasteiger partial charge in [-0.15, -0.1) is 0 Å². The lowest BCUT2D eigenvalue weighted by molar-refractivity contribution is -0.140. The van der Waals surface area contributed by atoms with Crippen molar-refractivity contribution >= 4 is 23.2 Å². The molecular weight excluding hydrogens is 464 g/mol. The molecule has 2 aromatic heterocycles. The summed E-state index contributed by atoms with van der Waals surface area (Å²) in [6.45, 7) is 1.75. The average Bonchev–Trinajstić information content (AvgIpc) is 3.29. The van der Waals surface area contributed by atoms with Crippen LogP contribution < -0.4 is 10.6 Å². The maximum Gasteiger partial charge on any atom is 0.431 e. The number of amides is 2. The molecule has 0 aliphatic carbocycles. The summed E-state index contributed by atoms with van der Waals surface area (Å²) in [5.74, 6) is -1.80. The number of alkyl halides is 3. The number of aromatic amines is 1. The molecule has 4 aromatic rings. The van der Waals surface area contributed by atoms with Gasteiger partial charge in [0, 0.05) is 23.8 Å². The molecule has 0 aliphatic heterocycles. The molecule has 4 rings (SSSR count). The number of anilines is 2. The van der Waals surface area contributed by atoms with E-state index in [9.17, 15) is 27.2 Å². The van der Waals surface area contributed by atoms with Crippen molar-refractivity contribution in [1.82, 2.24) is 9.97 Å². The number of rotatable bonds is 5. The molecule has 2 amide bonds. The molecule has 2 heterocycles. The summed E-state index contributed by atoms with van der Waals surface area (Å²) < 4.78 is 53.3. The molecule has 2 aromatic carbocycles. The monoisotopic (exact) mass is 482 g/mol. The summed E-state index contributed by atoms with van der Waals surface area (Å²) in [4.78, 5) is 31.6. The van der Waals surface area contributed by atoms with Crippen LogP contribution in [0.25, 0.3) is 11.3 Å². The highest BCUT2D eigenvalue weighted by Crippen LogP contribution is 2.34. The Morgan fingerprint density at radius 3 is 2.34 bits per heavy atom. The molecule has 0 atom stereocenters. The van der Waals surface area contributed by atoms with Gasteiger partial charge in [0.2, 0.25) is 0 Å². The molecule has 0 aliphatic rings. The molecule has 0 bridgehead atoms. The SMILES string of the molecule is Cc1ccc(NC(=O)c2cc(C(F)(F)F)[nH]c2-c2ccc(F)cc2)cc1NC(=O)c1cccnc1. The maximum atomic E-state index is 13.3. The van der Waals surface area contributed by atoms with Gasteiger partial charge >= 0.3 is 6.18 Å². The van der Waals surface area contributed by atoms with Gasteiger partial charge in [0.25, 0.3) is 11.8 Å². The van der Waals surface area contributed by atoms with Crippen LogP contribution in [0.15, 0.2) is 73.1 Å². The Morgan fingerprint density at radius 2 is 1.69 bits per heavy atom. The van der Waals surface area contributed by atoms with Crippen LogP contribution in [0.5, 0.6) is 0 Å². The fourth-order valence-corrected chi connectivity index (χ4v) is 3.36. The number of nitrogens with one attached hydrogen (secondary N) is 3. The van der Waals surface area contributed by atoms with E-state index in [4.69, 9.17) is 0 Å². The molecule has 3 N–H and O–H groups in total. The van der Waals surface area contributed by atoms with Gasteiger partial charge < -0.3 is 15.6 Å². The molecule has 0 radical (unpaired) electrons. The number of halogens is 4. The highest BCUT2D eigenvalue weighted by molar-refractivity contribution is 6.09. The van der Waals surface area contributed by atoms with Crippen LogP contribution in [0.1, 0.15) is 32.0 Å². The number of carbonyl (C=O) groups excluding carboxylic acids is 2. The van der Waals surface area contributed by atoms with E-state index in [2.05, 4.69) is 20.6 Å². The van der Waals surface area contributed by atoms with E-state index in [0.29, 0.717) is 22.9 Å². The van der Waals surface area contributed by atoms with Gasteiger partial charge in [0.15, 0.2) is 0 Å². The van der Waals surface area contributed by atoms with Crippen LogP contribution in [-0.2, 0) is 6.18 Å². The van der Waals surface area contributed by atoms with Gasteiger partial charge in [-0.3, -0.25) is 14.6 Å². The number of hydrogen-bond donors (Lipinski definition) is 3. The van der Waals surface area contributed by atoms with Crippen molar-refractivity contribution in [2.24, 2.45) is 0 Å². The van der Waals surface area contributed by atoms with Gasteiger partial charge in [-0.25, -0.2) is 4.39 Å². The Balaban J connectivity index is 1.62. The third kappa shape index (κ3) is 5.37. The summed E-state index contributed by atoms with van der Waals surface area (Å²) in [6, 6.07) is 13.3. The van der Waals surface area contributed by atoms with Gasteiger partial charge in [-0.2, -0.15) is 13.2 Å². The van der Waals surface area contributed by atoms with Crippen molar-refractivity contribution < 1.29 is 27.2 Å². The first-order valence-electron chi connectivity index (χ1n) is 10.3. The number of pyridine rings is 1. The zero-order valence-electron chi connectivity index (χ0n) is 18.2. The smallest absolute Gasteiger partial charge is 0.350 e. The van der Waals surface area contributed by atoms with Gasteiger partial charge in [0.1, 0.15) is 11.5 Å². The Hall–Kier alpha value is -4.47. The quantitative estimate of drug-likeness (QED) is 0.303. The molecule has 0 saturated carbocycles. The predicted molar refractivity (Wildman–Crippen MR) is 123 cm³/mol. The van der Waals surface area contributed by atoms with E-state index in [-0.39, 0.29) is 22.5 Å². The van der Waals surface area contributed by atoms with Gasteiger partial charge in [0.05, 0.1) is 16.8 Å². The van der Waals surface area contributed by atoms with Crippen molar-refractivity contribution in [1.29, 1.82) is 0 Å². The maximum absolute atomic E-state index is 13.3. The zero-order chi connectivity index (χ0) is 25.2. The van der Waals surface area contributed by atoms with Crippen molar-refractivity contribution in [3.8, 4) is 11.3 Å². The third-order valence-electron chi connectivity index (χ3n) is 5.17. The largest absolute Gasteiger partial charge is 0.431 e. The summed E-state index contributed by atoms with van der Waals surface area (Å²) in [6.07, 6.45) is -1.79. The van der Waals surface area contributed by atoms with Crippen LogP contribution >= 0.6 is 0 Å². The molecule has 0 spiro atoms.